The van der Waals surface area contributed by atoms with Crippen molar-refractivity contribution in [3.63, 3.8) is 0 Å². The molecule has 0 fully saturated rings. The second-order valence-electron chi connectivity index (χ2n) is 6.04. The van der Waals surface area contributed by atoms with E-state index >= 15 is 0 Å². The van der Waals surface area contributed by atoms with Gasteiger partial charge < -0.3 is 19.2 Å². The quantitative estimate of drug-likeness (QED) is 0.399. The highest BCUT2D eigenvalue weighted by Crippen LogP contribution is 2.20. The Morgan fingerprint density at radius 3 is 2.57 bits per heavy atom. The fourth-order valence-electron chi connectivity index (χ4n) is 2.53. The van der Waals surface area contributed by atoms with Crippen LogP contribution in [0.1, 0.15) is 18.9 Å². The zero-order chi connectivity index (χ0) is 19.9. The first-order valence-electron chi connectivity index (χ1n) is 8.78. The Morgan fingerprint density at radius 2 is 1.82 bits per heavy atom. The van der Waals surface area contributed by atoms with Crippen molar-refractivity contribution in [1.82, 2.24) is 5.32 Å². The number of fused-ring (bicyclic) bond motifs is 1. The van der Waals surface area contributed by atoms with Crippen LogP contribution in [0.4, 0.5) is 4.79 Å². The molecule has 28 heavy (non-hydrogen) atoms. The van der Waals surface area contributed by atoms with Crippen molar-refractivity contribution in [3.8, 4) is 5.75 Å². The molecule has 0 unspecified atom stereocenters. The van der Waals surface area contributed by atoms with E-state index in [2.05, 4.69) is 5.32 Å². The van der Waals surface area contributed by atoms with Crippen LogP contribution in [0.15, 0.2) is 69.9 Å². The largest absolute Gasteiger partial charge is 0.445 e. The van der Waals surface area contributed by atoms with Crippen molar-refractivity contribution in [3.05, 3.63) is 76.6 Å². The number of hydrogen-bond donors (Lipinski definition) is 1. The summed E-state index contributed by atoms with van der Waals surface area (Å²) >= 11 is 0. The van der Waals surface area contributed by atoms with E-state index in [1.54, 1.807) is 25.1 Å². The third-order valence-electron chi connectivity index (χ3n) is 4.01. The van der Waals surface area contributed by atoms with Gasteiger partial charge >= 0.3 is 17.7 Å². The number of hydrogen-bond acceptors (Lipinski definition) is 6. The molecule has 3 rings (SSSR count). The summed E-state index contributed by atoms with van der Waals surface area (Å²) in [5.41, 5.74) is 0.650. The summed E-state index contributed by atoms with van der Waals surface area (Å²) in [7, 11) is 0. The van der Waals surface area contributed by atoms with Gasteiger partial charge in [0.15, 0.2) is 0 Å². The highest BCUT2D eigenvalue weighted by molar-refractivity contribution is 5.84. The van der Waals surface area contributed by atoms with Crippen molar-refractivity contribution in [2.45, 2.75) is 26.0 Å². The lowest BCUT2D eigenvalue weighted by atomic mass is 10.2. The fourth-order valence-corrected chi connectivity index (χ4v) is 2.53. The average Bonchev–Trinajstić information content (AvgIpc) is 2.70. The Hall–Kier alpha value is -3.61. The number of carbonyl (C=O) groups is 2. The lowest BCUT2D eigenvalue weighted by molar-refractivity contribution is -0.136. The second-order valence-corrected chi connectivity index (χ2v) is 6.04. The van der Waals surface area contributed by atoms with Gasteiger partial charge in [0.2, 0.25) is 0 Å². The van der Waals surface area contributed by atoms with Gasteiger partial charge in [-0.25, -0.2) is 14.4 Å². The van der Waals surface area contributed by atoms with Crippen molar-refractivity contribution in [2.24, 2.45) is 0 Å². The van der Waals surface area contributed by atoms with E-state index in [1.165, 1.54) is 12.1 Å². The minimum atomic E-state index is -0.873. The number of esters is 1. The molecule has 2 aromatic carbocycles. The van der Waals surface area contributed by atoms with Gasteiger partial charge in [0, 0.05) is 17.5 Å². The number of benzene rings is 2. The third-order valence-corrected chi connectivity index (χ3v) is 4.01. The lowest BCUT2D eigenvalue weighted by Gasteiger charge is -2.16. The zero-order valence-electron chi connectivity index (χ0n) is 15.2. The topological polar surface area (TPSA) is 94.8 Å². The maximum Gasteiger partial charge on any atom is 0.408 e. The molecular weight excluding hydrogens is 362 g/mol. The van der Waals surface area contributed by atoms with Gasteiger partial charge in [0.05, 0.1) is 0 Å². The van der Waals surface area contributed by atoms with Gasteiger partial charge in [-0.1, -0.05) is 37.3 Å². The van der Waals surface area contributed by atoms with Crippen LogP contribution in [0.2, 0.25) is 0 Å². The number of rotatable bonds is 6. The summed E-state index contributed by atoms with van der Waals surface area (Å²) in [5.74, 6) is -0.429. The highest BCUT2D eigenvalue weighted by atomic mass is 16.6. The summed E-state index contributed by atoms with van der Waals surface area (Å²) in [6.07, 6.45) is -0.390. The maximum atomic E-state index is 12.4. The molecule has 0 saturated heterocycles. The molecule has 1 aromatic heterocycles. The molecule has 0 saturated carbocycles. The number of amides is 1. The van der Waals surface area contributed by atoms with Gasteiger partial charge in [-0.15, -0.1) is 0 Å². The Balaban J connectivity index is 1.59. The minimum Gasteiger partial charge on any atom is -0.445 e. The lowest BCUT2D eigenvalue weighted by Crippen LogP contribution is -2.42. The first-order chi connectivity index (χ1) is 13.5. The highest BCUT2D eigenvalue weighted by Gasteiger charge is 2.22. The normalized spacial score (nSPS) is 11.6. The Labute approximate surface area is 160 Å². The molecule has 1 amide bonds. The standard InChI is InChI=1S/C21H19NO6/c1-2-17(22-21(25)26-13-14-6-4-3-5-7-14)20(24)27-16-10-8-15-9-11-19(23)28-18(15)12-16/h3-12,17H,2,13H2,1H3,(H,22,25)/t17-/m0/s1. The van der Waals surface area contributed by atoms with Crippen molar-refractivity contribution in [1.29, 1.82) is 0 Å². The zero-order valence-corrected chi connectivity index (χ0v) is 15.2. The van der Waals surface area contributed by atoms with Gasteiger partial charge in [-0.3, -0.25) is 0 Å². The van der Waals surface area contributed by atoms with E-state index in [4.69, 9.17) is 13.9 Å². The van der Waals surface area contributed by atoms with E-state index < -0.39 is 23.7 Å². The van der Waals surface area contributed by atoms with Crippen LogP contribution in [0.5, 0.6) is 5.75 Å². The van der Waals surface area contributed by atoms with Crippen LogP contribution in [0, 0.1) is 0 Å². The van der Waals surface area contributed by atoms with Crippen LogP contribution in [0.25, 0.3) is 11.0 Å². The third kappa shape index (κ3) is 4.97. The van der Waals surface area contributed by atoms with Gasteiger partial charge in [-0.05, 0) is 30.2 Å². The van der Waals surface area contributed by atoms with Crippen LogP contribution in [-0.4, -0.2) is 18.1 Å². The van der Waals surface area contributed by atoms with Crippen molar-refractivity contribution in [2.75, 3.05) is 0 Å². The Bertz CT molecular complexity index is 1030. The van der Waals surface area contributed by atoms with Gasteiger partial charge in [0.25, 0.3) is 0 Å². The molecular formula is C21H19NO6. The minimum absolute atomic E-state index is 0.0991. The maximum absolute atomic E-state index is 12.4. The van der Waals surface area contributed by atoms with Gasteiger partial charge in [0.1, 0.15) is 24.0 Å². The molecule has 0 radical (unpaired) electrons. The molecule has 7 heteroatoms. The SMILES string of the molecule is CC[C@H](NC(=O)OCc1ccccc1)C(=O)Oc1ccc2ccc(=O)oc2c1. The van der Waals surface area contributed by atoms with E-state index in [0.717, 1.165) is 5.56 Å². The number of nitrogens with one attached hydrogen (secondary N) is 1. The molecule has 7 nitrogen and oxygen atoms in total. The van der Waals surface area contributed by atoms with Gasteiger partial charge in [-0.2, -0.15) is 0 Å². The molecule has 3 aromatic rings. The molecule has 0 aliphatic heterocycles. The van der Waals surface area contributed by atoms with Crippen LogP contribution in [0.3, 0.4) is 0 Å². The summed E-state index contributed by atoms with van der Waals surface area (Å²) < 4.78 is 15.5. The van der Waals surface area contributed by atoms with E-state index in [9.17, 15) is 14.4 Å². The molecule has 144 valence electrons. The van der Waals surface area contributed by atoms with Crippen LogP contribution in [-0.2, 0) is 16.1 Å². The smallest absolute Gasteiger partial charge is 0.408 e. The Morgan fingerprint density at radius 1 is 1.07 bits per heavy atom. The monoisotopic (exact) mass is 381 g/mol. The van der Waals surface area contributed by atoms with E-state index in [-0.39, 0.29) is 12.4 Å². The molecule has 0 aliphatic carbocycles. The molecule has 1 heterocycles. The van der Waals surface area contributed by atoms with E-state index in [0.29, 0.717) is 17.4 Å². The Kier molecular flexibility index (Phi) is 6.06. The molecule has 0 spiro atoms. The number of carbonyl (C=O) groups excluding carboxylic acids is 2. The predicted molar refractivity (Wildman–Crippen MR) is 102 cm³/mol. The fraction of sp³-hybridized carbons (Fsp3) is 0.190. The summed E-state index contributed by atoms with van der Waals surface area (Å²) in [5, 5.41) is 3.20. The molecule has 1 N–H and O–H groups in total. The molecule has 0 aliphatic rings. The summed E-state index contributed by atoms with van der Waals surface area (Å²) in [6.45, 7) is 1.84. The average molecular weight is 381 g/mol. The first-order valence-corrected chi connectivity index (χ1v) is 8.78. The summed E-state index contributed by atoms with van der Waals surface area (Å²) in [6, 6.07) is 16.0. The van der Waals surface area contributed by atoms with Crippen LogP contribution >= 0.6 is 0 Å². The van der Waals surface area contributed by atoms with Crippen molar-refractivity contribution < 1.29 is 23.5 Å². The van der Waals surface area contributed by atoms with Crippen LogP contribution < -0.4 is 15.7 Å². The van der Waals surface area contributed by atoms with E-state index in [1.807, 2.05) is 30.3 Å². The molecule has 0 bridgehead atoms. The second kappa shape index (κ2) is 8.85. The van der Waals surface area contributed by atoms with Crippen molar-refractivity contribution >= 4 is 23.0 Å². The number of ether oxygens (including phenoxy) is 2. The predicted octanol–water partition coefficient (Wildman–Crippen LogP) is 3.40. The molecule has 1 atom stereocenters. The number of alkyl carbamates (subject to hydrolysis) is 1. The first kappa shape index (κ1) is 19.2. The summed E-state index contributed by atoms with van der Waals surface area (Å²) in [4.78, 5) is 35.7.